The first-order valence-electron chi connectivity index (χ1n) is 9.70. The number of nitrogens with one attached hydrogen (secondary N) is 1. The molecule has 1 amide bonds. The predicted octanol–water partition coefficient (Wildman–Crippen LogP) is 5.59. The lowest BCUT2D eigenvalue weighted by Gasteiger charge is -2.14. The molecular formula is C23H24ClN3O2. The smallest absolute Gasteiger partial charge is 0.259 e. The van der Waals surface area contributed by atoms with Gasteiger partial charge in [0.05, 0.1) is 30.3 Å². The van der Waals surface area contributed by atoms with Crippen molar-refractivity contribution in [1.82, 2.24) is 9.78 Å². The van der Waals surface area contributed by atoms with Gasteiger partial charge in [-0.05, 0) is 62.9 Å². The van der Waals surface area contributed by atoms with Crippen molar-refractivity contribution in [2.75, 3.05) is 12.4 Å². The zero-order valence-electron chi connectivity index (χ0n) is 17.0. The van der Waals surface area contributed by atoms with Gasteiger partial charge in [-0.15, -0.1) is 0 Å². The van der Waals surface area contributed by atoms with Gasteiger partial charge in [0, 0.05) is 22.2 Å². The topological polar surface area (TPSA) is 56.1 Å². The van der Waals surface area contributed by atoms with E-state index in [2.05, 4.69) is 10.4 Å². The fourth-order valence-electron chi connectivity index (χ4n) is 3.67. The Hall–Kier alpha value is -2.79. The molecule has 150 valence electrons. The Morgan fingerprint density at radius 3 is 2.55 bits per heavy atom. The number of methoxy groups -OCH3 is 1. The molecule has 1 saturated carbocycles. The van der Waals surface area contributed by atoms with E-state index in [9.17, 15) is 4.79 Å². The summed E-state index contributed by atoms with van der Waals surface area (Å²) in [6.45, 7) is 5.90. The summed E-state index contributed by atoms with van der Waals surface area (Å²) >= 11 is 6.31. The van der Waals surface area contributed by atoms with Crippen LogP contribution in [0.5, 0.6) is 5.75 Å². The summed E-state index contributed by atoms with van der Waals surface area (Å²) in [5, 5.41) is 8.25. The highest BCUT2D eigenvalue weighted by molar-refractivity contribution is 6.31. The average Bonchev–Trinajstić information content (AvgIpc) is 3.44. The second-order valence-electron chi connectivity index (χ2n) is 7.61. The van der Waals surface area contributed by atoms with Gasteiger partial charge in [-0.25, -0.2) is 4.68 Å². The molecule has 1 heterocycles. The second-order valence-corrected chi connectivity index (χ2v) is 8.01. The SMILES string of the molecule is COc1c(C)ccc(NC(=O)c2cnn(-c3ccc(C)c(Cl)c3)c2C2CC2)c1C. The van der Waals surface area contributed by atoms with Gasteiger partial charge < -0.3 is 10.1 Å². The molecule has 0 aliphatic heterocycles. The van der Waals surface area contributed by atoms with E-state index in [0.29, 0.717) is 16.5 Å². The van der Waals surface area contributed by atoms with Crippen LogP contribution in [0, 0.1) is 20.8 Å². The molecule has 1 aliphatic carbocycles. The molecule has 6 heteroatoms. The number of hydrogen-bond acceptors (Lipinski definition) is 3. The van der Waals surface area contributed by atoms with Crippen LogP contribution in [0.2, 0.25) is 5.02 Å². The molecule has 1 fully saturated rings. The number of halogens is 1. The minimum Gasteiger partial charge on any atom is -0.496 e. The number of anilines is 1. The molecule has 0 atom stereocenters. The molecule has 0 saturated heterocycles. The largest absolute Gasteiger partial charge is 0.496 e. The molecule has 1 aliphatic rings. The van der Waals surface area contributed by atoms with E-state index in [1.54, 1.807) is 13.3 Å². The molecule has 3 aromatic rings. The molecular weight excluding hydrogens is 386 g/mol. The van der Waals surface area contributed by atoms with Gasteiger partial charge in [-0.1, -0.05) is 23.7 Å². The van der Waals surface area contributed by atoms with Crippen LogP contribution in [0.1, 0.15) is 51.5 Å². The molecule has 5 nitrogen and oxygen atoms in total. The first-order valence-corrected chi connectivity index (χ1v) is 10.1. The van der Waals surface area contributed by atoms with E-state index in [1.165, 1.54) is 0 Å². The molecule has 0 bridgehead atoms. The lowest BCUT2D eigenvalue weighted by Crippen LogP contribution is -2.15. The van der Waals surface area contributed by atoms with E-state index in [-0.39, 0.29) is 5.91 Å². The Kier molecular flexibility index (Phi) is 5.09. The number of carbonyl (C=O) groups is 1. The van der Waals surface area contributed by atoms with Crippen LogP contribution in [0.3, 0.4) is 0 Å². The van der Waals surface area contributed by atoms with Gasteiger partial charge >= 0.3 is 0 Å². The number of hydrogen-bond donors (Lipinski definition) is 1. The Balaban J connectivity index is 1.70. The summed E-state index contributed by atoms with van der Waals surface area (Å²) in [6.07, 6.45) is 3.77. The maximum Gasteiger partial charge on any atom is 0.259 e. The van der Waals surface area contributed by atoms with Crippen LogP contribution in [-0.4, -0.2) is 22.8 Å². The van der Waals surface area contributed by atoms with Gasteiger partial charge in [0.1, 0.15) is 5.75 Å². The van der Waals surface area contributed by atoms with Crippen molar-refractivity contribution in [2.24, 2.45) is 0 Å². The number of aryl methyl sites for hydroxylation is 2. The normalized spacial score (nSPS) is 13.4. The fraction of sp³-hybridized carbons (Fsp3) is 0.304. The van der Waals surface area contributed by atoms with Crippen LogP contribution < -0.4 is 10.1 Å². The first kappa shape index (κ1) is 19.5. The van der Waals surface area contributed by atoms with Crippen LogP contribution in [0.25, 0.3) is 5.69 Å². The van der Waals surface area contributed by atoms with E-state index >= 15 is 0 Å². The second kappa shape index (κ2) is 7.56. The van der Waals surface area contributed by atoms with Crippen molar-refractivity contribution in [2.45, 2.75) is 39.5 Å². The molecule has 0 unspecified atom stereocenters. The summed E-state index contributed by atoms with van der Waals surface area (Å²) in [5.74, 6) is 0.965. The van der Waals surface area contributed by atoms with Crippen LogP contribution in [0.4, 0.5) is 5.69 Å². The number of benzene rings is 2. The minimum atomic E-state index is -0.162. The minimum absolute atomic E-state index is 0.162. The van der Waals surface area contributed by atoms with Gasteiger partial charge in [0.15, 0.2) is 0 Å². The zero-order chi connectivity index (χ0) is 20.7. The summed E-state index contributed by atoms with van der Waals surface area (Å²) in [5.41, 5.74) is 6.11. The third-order valence-electron chi connectivity index (χ3n) is 5.47. The molecule has 1 aromatic heterocycles. The van der Waals surface area contributed by atoms with Crippen molar-refractivity contribution in [3.05, 3.63) is 69.5 Å². The van der Waals surface area contributed by atoms with E-state index in [1.807, 2.05) is 55.8 Å². The van der Waals surface area contributed by atoms with Gasteiger partial charge in [0.2, 0.25) is 0 Å². The Morgan fingerprint density at radius 1 is 1.17 bits per heavy atom. The quantitative estimate of drug-likeness (QED) is 0.597. The monoisotopic (exact) mass is 409 g/mol. The van der Waals surface area contributed by atoms with Crippen molar-refractivity contribution >= 4 is 23.2 Å². The molecule has 29 heavy (non-hydrogen) atoms. The number of nitrogens with zero attached hydrogens (tertiary/aromatic N) is 2. The highest BCUT2D eigenvalue weighted by Gasteiger charge is 2.33. The summed E-state index contributed by atoms with van der Waals surface area (Å²) in [6, 6.07) is 9.70. The van der Waals surface area contributed by atoms with Gasteiger partial charge in [0.25, 0.3) is 5.91 Å². The van der Waals surface area contributed by atoms with Gasteiger partial charge in [-0.2, -0.15) is 5.10 Å². The van der Waals surface area contributed by atoms with Crippen molar-refractivity contribution in [1.29, 1.82) is 0 Å². The molecule has 2 aromatic carbocycles. The Bertz CT molecular complexity index is 1100. The number of ether oxygens (including phenoxy) is 1. The van der Waals surface area contributed by atoms with E-state index in [0.717, 1.165) is 52.4 Å². The summed E-state index contributed by atoms with van der Waals surface area (Å²) < 4.78 is 7.33. The van der Waals surface area contributed by atoms with Crippen molar-refractivity contribution < 1.29 is 9.53 Å². The highest BCUT2D eigenvalue weighted by Crippen LogP contribution is 2.43. The predicted molar refractivity (Wildman–Crippen MR) is 116 cm³/mol. The Morgan fingerprint density at radius 2 is 1.90 bits per heavy atom. The maximum atomic E-state index is 13.1. The standard InChI is InChI=1S/C23H24ClN3O2/c1-13-5-9-17(11-19(13)24)27-21(16-7-8-16)18(12-25-27)23(28)26-20-10-6-14(2)22(29-4)15(20)3/h5-6,9-12,16H,7-8H2,1-4H3,(H,26,28). The van der Waals surface area contributed by atoms with Crippen molar-refractivity contribution in [3.63, 3.8) is 0 Å². The average molecular weight is 410 g/mol. The Labute approximate surface area is 175 Å². The van der Waals surface area contributed by atoms with Crippen LogP contribution in [0.15, 0.2) is 36.5 Å². The number of aromatic nitrogens is 2. The number of rotatable bonds is 5. The zero-order valence-corrected chi connectivity index (χ0v) is 17.8. The number of amides is 1. The molecule has 4 rings (SSSR count). The lowest BCUT2D eigenvalue weighted by atomic mass is 10.1. The molecule has 0 radical (unpaired) electrons. The molecule has 1 N–H and O–H groups in total. The summed E-state index contributed by atoms with van der Waals surface area (Å²) in [4.78, 5) is 13.1. The first-order chi connectivity index (χ1) is 13.9. The van der Waals surface area contributed by atoms with Crippen molar-refractivity contribution in [3.8, 4) is 11.4 Å². The number of carbonyl (C=O) groups excluding carboxylic acids is 1. The summed E-state index contributed by atoms with van der Waals surface area (Å²) in [7, 11) is 1.64. The lowest BCUT2D eigenvalue weighted by molar-refractivity contribution is 0.102. The third-order valence-corrected chi connectivity index (χ3v) is 5.88. The highest BCUT2D eigenvalue weighted by atomic mass is 35.5. The fourth-order valence-corrected chi connectivity index (χ4v) is 3.84. The van der Waals surface area contributed by atoms with Crippen LogP contribution in [-0.2, 0) is 0 Å². The molecule has 0 spiro atoms. The van der Waals surface area contributed by atoms with Crippen LogP contribution >= 0.6 is 11.6 Å². The van der Waals surface area contributed by atoms with E-state index < -0.39 is 0 Å². The third kappa shape index (κ3) is 3.62. The maximum absolute atomic E-state index is 13.1. The van der Waals surface area contributed by atoms with Gasteiger partial charge in [-0.3, -0.25) is 4.79 Å². The van der Waals surface area contributed by atoms with E-state index in [4.69, 9.17) is 16.3 Å².